The Kier molecular flexibility index (Phi) is 21.7. The Balaban J connectivity index is 3.02. The molecule has 0 saturated carbocycles. The SMILES string of the molecule is CCCCCCCCCCCCCCCCCCCCCCOP(C)(O)=S. The molecule has 27 heavy (non-hydrogen) atoms. The van der Waals surface area contributed by atoms with Crippen molar-refractivity contribution in [2.45, 2.75) is 135 Å². The molecule has 0 aromatic rings. The third-order valence-corrected chi connectivity index (χ3v) is 6.31. The molecule has 0 aromatic heterocycles. The first-order valence-corrected chi connectivity index (χ1v) is 15.1. The summed E-state index contributed by atoms with van der Waals surface area (Å²) in [6, 6.07) is 0. The van der Waals surface area contributed by atoms with Gasteiger partial charge in [0.1, 0.15) is 0 Å². The van der Waals surface area contributed by atoms with Crippen molar-refractivity contribution in [1.29, 1.82) is 0 Å². The summed E-state index contributed by atoms with van der Waals surface area (Å²) in [5.41, 5.74) is 0. The summed E-state index contributed by atoms with van der Waals surface area (Å²) in [7, 11) is 0. The molecule has 4 heteroatoms. The molecule has 0 bridgehead atoms. The maximum Gasteiger partial charge on any atom is 0.183 e. The Labute approximate surface area is 176 Å². The lowest BCUT2D eigenvalue weighted by molar-refractivity contribution is 0.299. The van der Waals surface area contributed by atoms with E-state index in [2.05, 4.69) is 6.92 Å². The highest BCUT2D eigenvalue weighted by atomic mass is 32.5. The van der Waals surface area contributed by atoms with Crippen LogP contribution in [-0.4, -0.2) is 18.2 Å². The number of hydrogen-bond donors (Lipinski definition) is 1. The Morgan fingerprint density at radius 1 is 0.556 bits per heavy atom. The van der Waals surface area contributed by atoms with Gasteiger partial charge in [-0.2, -0.15) is 0 Å². The molecule has 2 nitrogen and oxygen atoms in total. The second-order valence-electron chi connectivity index (χ2n) is 8.35. The molecule has 1 unspecified atom stereocenters. The highest BCUT2D eigenvalue weighted by Gasteiger charge is 2.03. The zero-order valence-corrected chi connectivity index (χ0v) is 20.3. The van der Waals surface area contributed by atoms with Crippen molar-refractivity contribution < 1.29 is 9.42 Å². The molecule has 0 aliphatic heterocycles. The van der Waals surface area contributed by atoms with Gasteiger partial charge in [0.25, 0.3) is 0 Å². The van der Waals surface area contributed by atoms with Crippen molar-refractivity contribution in [2.75, 3.05) is 13.3 Å². The van der Waals surface area contributed by atoms with Crippen LogP contribution in [0.4, 0.5) is 0 Å². The van der Waals surface area contributed by atoms with Gasteiger partial charge in [0.05, 0.1) is 6.61 Å². The van der Waals surface area contributed by atoms with E-state index in [-0.39, 0.29) is 0 Å². The molecule has 0 aliphatic rings. The standard InChI is InChI=1S/C23H49O2PS/c1-3-4-5-6-7-8-9-10-11-12-13-14-15-16-17-18-19-20-21-22-23-25-26(2,24)27/h3-23H2,1-2H3,(H,24,27). The summed E-state index contributed by atoms with van der Waals surface area (Å²) in [6.07, 6.45) is 27.9. The molecule has 0 rings (SSSR count). The molecule has 0 aromatic carbocycles. The quantitative estimate of drug-likeness (QED) is 0.140. The van der Waals surface area contributed by atoms with E-state index in [0.29, 0.717) is 6.61 Å². The molecule has 0 amide bonds. The monoisotopic (exact) mass is 420 g/mol. The summed E-state index contributed by atoms with van der Waals surface area (Å²) in [5.74, 6) is 0. The van der Waals surface area contributed by atoms with Gasteiger partial charge in [0.15, 0.2) is 6.49 Å². The molecule has 1 N–H and O–H groups in total. The topological polar surface area (TPSA) is 29.5 Å². The molecule has 0 radical (unpaired) electrons. The molecule has 164 valence electrons. The first-order valence-electron chi connectivity index (χ1n) is 12.0. The molecular formula is C23H49O2PS. The minimum absolute atomic E-state index is 0.628. The number of unbranched alkanes of at least 4 members (excludes halogenated alkanes) is 19. The summed E-state index contributed by atoms with van der Waals surface area (Å²) < 4.78 is 5.25. The Morgan fingerprint density at radius 2 is 0.815 bits per heavy atom. The van der Waals surface area contributed by atoms with Gasteiger partial charge < -0.3 is 9.42 Å². The van der Waals surface area contributed by atoms with Crippen molar-refractivity contribution in [3.63, 3.8) is 0 Å². The highest BCUT2D eigenvalue weighted by molar-refractivity contribution is 8.09. The smallest absolute Gasteiger partial charge is 0.183 e. The van der Waals surface area contributed by atoms with Crippen molar-refractivity contribution in [1.82, 2.24) is 0 Å². The van der Waals surface area contributed by atoms with Gasteiger partial charge in [-0.15, -0.1) is 0 Å². The van der Waals surface area contributed by atoms with Gasteiger partial charge >= 0.3 is 0 Å². The normalized spacial score (nSPS) is 13.7. The summed E-state index contributed by atoms with van der Waals surface area (Å²) >= 11 is 4.86. The van der Waals surface area contributed by atoms with E-state index in [0.717, 1.165) is 6.42 Å². The molecule has 0 saturated heterocycles. The van der Waals surface area contributed by atoms with Crippen LogP contribution in [0.2, 0.25) is 0 Å². The van der Waals surface area contributed by atoms with E-state index in [9.17, 15) is 4.89 Å². The van der Waals surface area contributed by atoms with Gasteiger partial charge in [-0.3, -0.25) is 0 Å². The van der Waals surface area contributed by atoms with E-state index in [1.807, 2.05) is 0 Å². The molecule has 0 spiro atoms. The maximum atomic E-state index is 9.38. The van der Waals surface area contributed by atoms with Crippen LogP contribution in [0.5, 0.6) is 0 Å². The fourth-order valence-corrected chi connectivity index (χ4v) is 4.28. The first-order chi connectivity index (χ1) is 13.1. The van der Waals surface area contributed by atoms with Gasteiger partial charge in [0.2, 0.25) is 0 Å². The Hall–Kier alpha value is 0.570. The van der Waals surface area contributed by atoms with Crippen LogP contribution in [0.15, 0.2) is 0 Å². The lowest BCUT2D eigenvalue weighted by Crippen LogP contribution is -1.91. The van der Waals surface area contributed by atoms with Gasteiger partial charge in [-0.05, 0) is 18.2 Å². The predicted molar refractivity (Wildman–Crippen MR) is 126 cm³/mol. The molecule has 0 aliphatic carbocycles. The largest absolute Gasteiger partial charge is 0.345 e. The third kappa shape index (κ3) is 26.6. The number of hydrogen-bond acceptors (Lipinski definition) is 2. The summed E-state index contributed by atoms with van der Waals surface area (Å²) in [6.45, 7) is 2.12. The fourth-order valence-electron chi connectivity index (χ4n) is 3.59. The molecule has 0 heterocycles. The Morgan fingerprint density at radius 3 is 1.07 bits per heavy atom. The zero-order chi connectivity index (χ0) is 20.1. The maximum absolute atomic E-state index is 9.38. The van der Waals surface area contributed by atoms with Crippen molar-refractivity contribution in [2.24, 2.45) is 0 Å². The van der Waals surface area contributed by atoms with Crippen LogP contribution in [0.1, 0.15) is 135 Å². The molecular weight excluding hydrogens is 371 g/mol. The third-order valence-electron chi connectivity index (χ3n) is 5.33. The minimum Gasteiger partial charge on any atom is -0.345 e. The number of rotatable bonds is 22. The van der Waals surface area contributed by atoms with Crippen LogP contribution in [0.3, 0.4) is 0 Å². The highest BCUT2D eigenvalue weighted by Crippen LogP contribution is 2.37. The van der Waals surface area contributed by atoms with E-state index in [1.54, 1.807) is 6.66 Å². The van der Waals surface area contributed by atoms with E-state index in [4.69, 9.17) is 16.3 Å². The van der Waals surface area contributed by atoms with Crippen LogP contribution in [0.25, 0.3) is 0 Å². The summed E-state index contributed by atoms with van der Waals surface area (Å²) in [4.78, 5) is 9.38. The van der Waals surface area contributed by atoms with Crippen molar-refractivity contribution >= 4 is 18.3 Å². The van der Waals surface area contributed by atoms with Gasteiger partial charge in [0, 0.05) is 6.66 Å². The fraction of sp³-hybridized carbons (Fsp3) is 1.00. The van der Waals surface area contributed by atoms with Gasteiger partial charge in [-0.25, -0.2) is 0 Å². The zero-order valence-electron chi connectivity index (χ0n) is 18.6. The van der Waals surface area contributed by atoms with Crippen molar-refractivity contribution in [3.8, 4) is 0 Å². The molecule has 0 fully saturated rings. The average Bonchev–Trinajstić information content (AvgIpc) is 2.62. The lowest BCUT2D eigenvalue weighted by Gasteiger charge is -2.09. The van der Waals surface area contributed by atoms with E-state index >= 15 is 0 Å². The predicted octanol–water partition coefficient (Wildman–Crippen LogP) is 8.76. The van der Waals surface area contributed by atoms with Crippen LogP contribution in [0, 0.1) is 0 Å². The Bertz CT molecular complexity index is 330. The van der Waals surface area contributed by atoms with Gasteiger partial charge in [-0.1, -0.05) is 129 Å². The van der Waals surface area contributed by atoms with Crippen molar-refractivity contribution in [3.05, 3.63) is 0 Å². The first kappa shape index (κ1) is 27.6. The van der Waals surface area contributed by atoms with Crippen LogP contribution < -0.4 is 0 Å². The minimum atomic E-state index is -2.43. The second-order valence-corrected chi connectivity index (χ2v) is 12.3. The average molecular weight is 421 g/mol. The lowest BCUT2D eigenvalue weighted by atomic mass is 10.0. The molecule has 1 atom stereocenters. The summed E-state index contributed by atoms with van der Waals surface area (Å²) in [5, 5.41) is 0. The van der Waals surface area contributed by atoms with E-state index < -0.39 is 6.49 Å². The van der Waals surface area contributed by atoms with Crippen LogP contribution in [-0.2, 0) is 16.3 Å². The van der Waals surface area contributed by atoms with E-state index in [1.165, 1.54) is 122 Å². The second kappa shape index (κ2) is 21.3. The van der Waals surface area contributed by atoms with Crippen LogP contribution >= 0.6 is 6.49 Å².